The monoisotopic (exact) mass is 222 g/mol. The maximum absolute atomic E-state index is 10.7. The van der Waals surface area contributed by atoms with E-state index >= 15 is 0 Å². The SMILES string of the molecule is CC(=O)SCC=Cc1c(C)cccc1O. The maximum Gasteiger partial charge on any atom is 0.186 e. The Morgan fingerprint density at radius 1 is 1.53 bits per heavy atom. The molecule has 2 nitrogen and oxygen atoms in total. The van der Waals surface area contributed by atoms with Gasteiger partial charge >= 0.3 is 0 Å². The van der Waals surface area contributed by atoms with Crippen LogP contribution in [0.1, 0.15) is 18.1 Å². The van der Waals surface area contributed by atoms with Crippen LogP contribution in [0, 0.1) is 6.92 Å². The van der Waals surface area contributed by atoms with Gasteiger partial charge in [-0.3, -0.25) is 4.79 Å². The van der Waals surface area contributed by atoms with Gasteiger partial charge in [0.2, 0.25) is 0 Å². The van der Waals surface area contributed by atoms with Gasteiger partial charge in [0.1, 0.15) is 5.75 Å². The highest BCUT2D eigenvalue weighted by molar-refractivity contribution is 8.13. The minimum atomic E-state index is 0.105. The lowest BCUT2D eigenvalue weighted by Gasteiger charge is -2.02. The van der Waals surface area contributed by atoms with E-state index in [1.165, 1.54) is 11.8 Å². The molecule has 0 fully saturated rings. The predicted octanol–water partition coefficient (Wildman–Crippen LogP) is 2.99. The van der Waals surface area contributed by atoms with Crippen molar-refractivity contribution in [2.45, 2.75) is 13.8 Å². The average molecular weight is 222 g/mol. The lowest BCUT2D eigenvalue weighted by atomic mass is 10.1. The molecular weight excluding hydrogens is 208 g/mol. The molecule has 0 aliphatic heterocycles. The number of phenolic OH excluding ortho intramolecular Hbond substituents is 1. The van der Waals surface area contributed by atoms with Gasteiger partial charge in [0.05, 0.1) is 0 Å². The molecule has 0 spiro atoms. The number of aryl methyl sites for hydroxylation is 1. The van der Waals surface area contributed by atoms with Crippen molar-refractivity contribution in [3.8, 4) is 5.75 Å². The quantitative estimate of drug-likeness (QED) is 0.854. The van der Waals surface area contributed by atoms with E-state index in [0.29, 0.717) is 5.75 Å². The summed E-state index contributed by atoms with van der Waals surface area (Å²) in [5.74, 6) is 0.919. The minimum absolute atomic E-state index is 0.105. The fraction of sp³-hybridized carbons (Fsp3) is 0.250. The molecule has 0 aromatic heterocycles. The second-order valence-corrected chi connectivity index (χ2v) is 4.41. The molecular formula is C12H14O2S. The Kier molecular flexibility index (Phi) is 4.43. The Morgan fingerprint density at radius 2 is 2.27 bits per heavy atom. The summed E-state index contributed by atoms with van der Waals surface area (Å²) >= 11 is 1.25. The number of rotatable bonds is 3. The third-order valence-corrected chi connectivity index (χ3v) is 2.73. The minimum Gasteiger partial charge on any atom is -0.507 e. The highest BCUT2D eigenvalue weighted by atomic mass is 32.2. The van der Waals surface area contributed by atoms with E-state index in [-0.39, 0.29) is 10.9 Å². The van der Waals surface area contributed by atoms with Crippen molar-refractivity contribution in [2.24, 2.45) is 0 Å². The first kappa shape index (κ1) is 11.9. The molecule has 3 heteroatoms. The van der Waals surface area contributed by atoms with E-state index in [4.69, 9.17) is 0 Å². The number of carbonyl (C=O) groups excluding carboxylic acids is 1. The highest BCUT2D eigenvalue weighted by Gasteiger charge is 1.99. The topological polar surface area (TPSA) is 37.3 Å². The van der Waals surface area contributed by atoms with Crippen molar-refractivity contribution in [3.63, 3.8) is 0 Å². The molecule has 0 saturated carbocycles. The molecule has 1 N–H and O–H groups in total. The summed E-state index contributed by atoms with van der Waals surface area (Å²) in [6.07, 6.45) is 3.73. The van der Waals surface area contributed by atoms with Gasteiger partial charge in [0, 0.05) is 18.2 Å². The molecule has 1 rings (SSSR count). The molecule has 0 saturated heterocycles. The Morgan fingerprint density at radius 3 is 2.87 bits per heavy atom. The van der Waals surface area contributed by atoms with E-state index in [9.17, 15) is 9.90 Å². The predicted molar refractivity (Wildman–Crippen MR) is 65.0 cm³/mol. The van der Waals surface area contributed by atoms with Crippen LogP contribution >= 0.6 is 11.8 Å². The van der Waals surface area contributed by atoms with E-state index in [1.807, 2.05) is 31.2 Å². The summed E-state index contributed by atoms with van der Waals surface area (Å²) in [6.45, 7) is 3.49. The number of carbonyl (C=O) groups is 1. The molecule has 0 heterocycles. The van der Waals surface area contributed by atoms with Gasteiger partial charge in [0.15, 0.2) is 5.12 Å². The number of thioether (sulfide) groups is 1. The van der Waals surface area contributed by atoms with Gasteiger partial charge in [-0.25, -0.2) is 0 Å². The van der Waals surface area contributed by atoms with Crippen molar-refractivity contribution in [1.29, 1.82) is 0 Å². The van der Waals surface area contributed by atoms with E-state index in [2.05, 4.69) is 0 Å². The molecule has 1 aromatic carbocycles. The van der Waals surface area contributed by atoms with Gasteiger partial charge in [-0.05, 0) is 18.6 Å². The maximum atomic E-state index is 10.7. The lowest BCUT2D eigenvalue weighted by Crippen LogP contribution is -1.83. The molecule has 0 unspecified atom stereocenters. The van der Waals surface area contributed by atoms with Crippen LogP contribution in [-0.4, -0.2) is 16.0 Å². The van der Waals surface area contributed by atoms with Gasteiger partial charge < -0.3 is 5.11 Å². The smallest absolute Gasteiger partial charge is 0.186 e. The number of benzene rings is 1. The fourth-order valence-electron chi connectivity index (χ4n) is 1.21. The van der Waals surface area contributed by atoms with E-state index < -0.39 is 0 Å². The molecule has 0 aliphatic carbocycles. The van der Waals surface area contributed by atoms with Crippen LogP contribution in [0.25, 0.3) is 6.08 Å². The largest absolute Gasteiger partial charge is 0.507 e. The Labute approximate surface area is 94.0 Å². The normalized spacial score (nSPS) is 10.8. The standard InChI is InChI=1S/C12H14O2S/c1-9-5-3-7-12(14)11(9)6-4-8-15-10(2)13/h3-7,14H,8H2,1-2H3. The molecule has 15 heavy (non-hydrogen) atoms. The van der Waals surface area contributed by atoms with Crippen molar-refractivity contribution in [2.75, 3.05) is 5.75 Å². The van der Waals surface area contributed by atoms with Crippen LogP contribution in [0.5, 0.6) is 5.75 Å². The van der Waals surface area contributed by atoms with Gasteiger partial charge in [-0.1, -0.05) is 36.0 Å². The van der Waals surface area contributed by atoms with E-state index in [0.717, 1.165) is 11.1 Å². The molecule has 0 amide bonds. The van der Waals surface area contributed by atoms with Crippen molar-refractivity contribution in [3.05, 3.63) is 35.4 Å². The number of phenols is 1. The molecule has 0 radical (unpaired) electrons. The highest BCUT2D eigenvalue weighted by Crippen LogP contribution is 2.21. The molecule has 0 bridgehead atoms. The molecule has 80 valence electrons. The zero-order valence-electron chi connectivity index (χ0n) is 8.86. The summed E-state index contributed by atoms with van der Waals surface area (Å²) < 4.78 is 0. The fourth-order valence-corrected chi connectivity index (χ4v) is 1.64. The molecule has 0 atom stereocenters. The van der Waals surface area contributed by atoms with Crippen LogP contribution in [0.3, 0.4) is 0 Å². The Balaban J connectivity index is 2.67. The zero-order chi connectivity index (χ0) is 11.3. The van der Waals surface area contributed by atoms with Gasteiger partial charge in [0.25, 0.3) is 0 Å². The van der Waals surface area contributed by atoms with Crippen molar-refractivity contribution >= 4 is 23.0 Å². The van der Waals surface area contributed by atoms with Gasteiger partial charge in [-0.15, -0.1) is 0 Å². The van der Waals surface area contributed by atoms with Crippen LogP contribution in [-0.2, 0) is 4.79 Å². The van der Waals surface area contributed by atoms with Gasteiger partial charge in [-0.2, -0.15) is 0 Å². The second-order valence-electron chi connectivity index (χ2n) is 3.21. The molecule has 0 aliphatic rings. The van der Waals surface area contributed by atoms with Crippen LogP contribution in [0.2, 0.25) is 0 Å². The van der Waals surface area contributed by atoms with Crippen molar-refractivity contribution < 1.29 is 9.90 Å². The third kappa shape index (κ3) is 3.80. The number of hydrogen-bond donors (Lipinski definition) is 1. The lowest BCUT2D eigenvalue weighted by molar-refractivity contribution is -0.109. The average Bonchev–Trinajstić information content (AvgIpc) is 2.15. The summed E-state index contributed by atoms with van der Waals surface area (Å²) in [6, 6.07) is 5.41. The van der Waals surface area contributed by atoms with Crippen LogP contribution < -0.4 is 0 Å². The van der Waals surface area contributed by atoms with Crippen molar-refractivity contribution in [1.82, 2.24) is 0 Å². The molecule has 1 aromatic rings. The second kappa shape index (κ2) is 5.61. The summed E-state index contributed by atoms with van der Waals surface area (Å²) in [5.41, 5.74) is 1.85. The number of hydrogen-bond acceptors (Lipinski definition) is 3. The Hall–Kier alpha value is -1.22. The van der Waals surface area contributed by atoms with Crippen LogP contribution in [0.15, 0.2) is 24.3 Å². The first-order valence-corrected chi connectivity index (χ1v) is 5.68. The van der Waals surface area contributed by atoms with Crippen LogP contribution in [0.4, 0.5) is 0 Å². The van der Waals surface area contributed by atoms with E-state index in [1.54, 1.807) is 13.0 Å². The first-order valence-electron chi connectivity index (χ1n) is 4.69. The zero-order valence-corrected chi connectivity index (χ0v) is 9.67. The summed E-state index contributed by atoms with van der Waals surface area (Å²) in [4.78, 5) is 10.7. The Bertz CT molecular complexity index is 363. The summed E-state index contributed by atoms with van der Waals surface area (Å²) in [7, 11) is 0. The number of aromatic hydroxyl groups is 1. The third-order valence-electron chi connectivity index (χ3n) is 1.97. The summed E-state index contributed by atoms with van der Waals surface area (Å²) in [5, 5.41) is 9.68. The first-order chi connectivity index (χ1) is 7.11.